The summed E-state index contributed by atoms with van der Waals surface area (Å²) in [6, 6.07) is 16.6. The van der Waals surface area contributed by atoms with Crippen LogP contribution in [0.25, 0.3) is 11.4 Å². The molecule has 0 aliphatic carbocycles. The van der Waals surface area contributed by atoms with Gasteiger partial charge in [-0.2, -0.15) is 13.8 Å². The molecule has 0 radical (unpaired) electrons. The molecule has 1 saturated heterocycles. The highest BCUT2D eigenvalue weighted by molar-refractivity contribution is 5.63. The summed E-state index contributed by atoms with van der Waals surface area (Å²) < 4.78 is 41.1. The highest BCUT2D eigenvalue weighted by Crippen LogP contribution is 2.29. The van der Waals surface area contributed by atoms with Crippen LogP contribution in [-0.4, -0.2) is 40.8 Å². The lowest BCUT2D eigenvalue weighted by molar-refractivity contribution is -0.0494. The van der Waals surface area contributed by atoms with Crippen LogP contribution in [-0.2, 0) is 17.9 Å². The Hall–Kier alpha value is -2.84. The maximum Gasteiger partial charge on any atom is 0.387 e. The van der Waals surface area contributed by atoms with Gasteiger partial charge in [0.2, 0.25) is 11.7 Å². The first-order valence-corrected chi connectivity index (χ1v) is 9.92. The molecule has 2 aromatic carbocycles. The van der Waals surface area contributed by atoms with Crippen molar-refractivity contribution < 1.29 is 22.8 Å². The van der Waals surface area contributed by atoms with Crippen LogP contribution in [0.3, 0.4) is 0 Å². The second-order valence-electron chi connectivity index (χ2n) is 7.16. The zero-order chi connectivity index (χ0) is 20.8. The SMILES string of the molecule is FC(F)Oc1ccccc1-c1noc(CN2CCC(OCc3ccccc3)CC2)n1. The standard InChI is InChI=1S/C22H23F2N3O3/c23-22(24)29-19-9-5-4-8-18(19)21-25-20(30-26-21)14-27-12-10-17(11-13-27)28-15-16-6-2-1-3-7-16/h1-9,17,22H,10-15H2. The topological polar surface area (TPSA) is 60.6 Å². The molecule has 0 saturated carbocycles. The van der Waals surface area contributed by atoms with Gasteiger partial charge in [-0.25, -0.2) is 0 Å². The number of benzene rings is 2. The molecule has 30 heavy (non-hydrogen) atoms. The Kier molecular flexibility index (Phi) is 6.66. The Morgan fingerprint density at radius 2 is 1.77 bits per heavy atom. The van der Waals surface area contributed by atoms with E-state index in [0.717, 1.165) is 25.9 Å². The Balaban J connectivity index is 1.29. The van der Waals surface area contributed by atoms with Gasteiger partial charge in [0.05, 0.1) is 24.8 Å². The van der Waals surface area contributed by atoms with Crippen molar-refractivity contribution in [1.82, 2.24) is 15.0 Å². The van der Waals surface area contributed by atoms with E-state index in [1.807, 2.05) is 18.2 Å². The number of hydrogen-bond donors (Lipinski definition) is 0. The Morgan fingerprint density at radius 3 is 2.53 bits per heavy atom. The van der Waals surface area contributed by atoms with Crippen LogP contribution in [0.5, 0.6) is 5.75 Å². The molecular weight excluding hydrogens is 392 g/mol. The van der Waals surface area contributed by atoms with E-state index < -0.39 is 6.61 Å². The number of alkyl halides is 2. The third-order valence-electron chi connectivity index (χ3n) is 5.03. The normalized spacial score (nSPS) is 15.6. The van der Waals surface area contributed by atoms with Crippen molar-refractivity contribution in [3.05, 3.63) is 66.1 Å². The number of rotatable bonds is 8. The number of piperidine rings is 1. The van der Waals surface area contributed by atoms with Gasteiger partial charge in [-0.15, -0.1) is 0 Å². The molecule has 0 atom stereocenters. The molecule has 0 N–H and O–H groups in total. The second kappa shape index (κ2) is 9.77. The summed E-state index contributed by atoms with van der Waals surface area (Å²) >= 11 is 0. The number of nitrogens with zero attached hydrogens (tertiary/aromatic N) is 3. The highest BCUT2D eigenvalue weighted by Gasteiger charge is 2.22. The van der Waals surface area contributed by atoms with Crippen molar-refractivity contribution in [2.75, 3.05) is 13.1 Å². The molecule has 6 nitrogen and oxygen atoms in total. The predicted octanol–water partition coefficient (Wildman–Crippen LogP) is 4.52. The quantitative estimate of drug-likeness (QED) is 0.539. The summed E-state index contributed by atoms with van der Waals surface area (Å²) in [5.74, 6) is 0.707. The average Bonchev–Trinajstić information content (AvgIpc) is 3.22. The molecule has 1 aliphatic rings. The zero-order valence-electron chi connectivity index (χ0n) is 16.4. The monoisotopic (exact) mass is 415 g/mol. The Bertz CT molecular complexity index is 928. The second-order valence-corrected chi connectivity index (χ2v) is 7.16. The van der Waals surface area contributed by atoms with Crippen molar-refractivity contribution in [3.8, 4) is 17.1 Å². The lowest BCUT2D eigenvalue weighted by Gasteiger charge is -2.30. The van der Waals surface area contributed by atoms with Gasteiger partial charge in [0.1, 0.15) is 5.75 Å². The summed E-state index contributed by atoms with van der Waals surface area (Å²) in [4.78, 5) is 6.59. The minimum atomic E-state index is -2.91. The molecule has 0 unspecified atom stereocenters. The molecule has 0 spiro atoms. The van der Waals surface area contributed by atoms with E-state index >= 15 is 0 Å². The van der Waals surface area contributed by atoms with Crippen molar-refractivity contribution in [2.24, 2.45) is 0 Å². The Labute approximate surface area is 173 Å². The number of para-hydroxylation sites is 1. The molecular formula is C22H23F2N3O3. The summed E-state index contributed by atoms with van der Waals surface area (Å²) in [5, 5.41) is 3.94. The fourth-order valence-electron chi connectivity index (χ4n) is 3.49. The smallest absolute Gasteiger partial charge is 0.387 e. The molecule has 1 fully saturated rings. The van der Waals surface area contributed by atoms with E-state index in [9.17, 15) is 8.78 Å². The van der Waals surface area contributed by atoms with Crippen LogP contribution in [0.4, 0.5) is 8.78 Å². The lowest BCUT2D eigenvalue weighted by atomic mass is 10.1. The third kappa shape index (κ3) is 5.40. The van der Waals surface area contributed by atoms with Crippen molar-refractivity contribution >= 4 is 0 Å². The first-order valence-electron chi connectivity index (χ1n) is 9.92. The van der Waals surface area contributed by atoms with Crippen LogP contribution in [0, 0.1) is 0 Å². The molecule has 2 heterocycles. The summed E-state index contributed by atoms with van der Waals surface area (Å²) in [5.41, 5.74) is 1.55. The van der Waals surface area contributed by atoms with Gasteiger partial charge in [-0.1, -0.05) is 47.6 Å². The number of likely N-dealkylation sites (tertiary alicyclic amines) is 1. The van der Waals surface area contributed by atoms with Crippen molar-refractivity contribution in [3.63, 3.8) is 0 Å². The Morgan fingerprint density at radius 1 is 1.03 bits per heavy atom. The van der Waals surface area contributed by atoms with E-state index in [1.165, 1.54) is 11.6 Å². The van der Waals surface area contributed by atoms with E-state index in [2.05, 4.69) is 31.9 Å². The van der Waals surface area contributed by atoms with Crippen LogP contribution < -0.4 is 4.74 Å². The molecule has 158 valence electrons. The van der Waals surface area contributed by atoms with E-state index in [0.29, 0.717) is 24.6 Å². The van der Waals surface area contributed by atoms with Gasteiger partial charge < -0.3 is 14.0 Å². The third-order valence-corrected chi connectivity index (χ3v) is 5.03. The summed E-state index contributed by atoms with van der Waals surface area (Å²) in [6.45, 7) is -0.0534. The fourth-order valence-corrected chi connectivity index (χ4v) is 3.49. The molecule has 4 rings (SSSR count). The number of halogens is 2. The van der Waals surface area contributed by atoms with Crippen LogP contribution in [0.2, 0.25) is 0 Å². The average molecular weight is 415 g/mol. The molecule has 1 aliphatic heterocycles. The number of ether oxygens (including phenoxy) is 2. The van der Waals surface area contributed by atoms with Crippen LogP contribution >= 0.6 is 0 Å². The van der Waals surface area contributed by atoms with Gasteiger partial charge in [0, 0.05) is 13.1 Å². The van der Waals surface area contributed by atoms with Gasteiger partial charge in [-0.05, 0) is 30.5 Å². The van der Waals surface area contributed by atoms with E-state index in [-0.39, 0.29) is 17.7 Å². The van der Waals surface area contributed by atoms with Crippen molar-refractivity contribution in [2.45, 2.75) is 38.7 Å². The summed E-state index contributed by atoms with van der Waals surface area (Å²) in [7, 11) is 0. The van der Waals surface area contributed by atoms with Gasteiger partial charge in [-0.3, -0.25) is 4.90 Å². The van der Waals surface area contributed by atoms with Gasteiger partial charge in [0.15, 0.2) is 0 Å². The van der Waals surface area contributed by atoms with Crippen molar-refractivity contribution in [1.29, 1.82) is 0 Å². The molecule has 8 heteroatoms. The number of aromatic nitrogens is 2. The van der Waals surface area contributed by atoms with Crippen LogP contribution in [0.15, 0.2) is 59.1 Å². The van der Waals surface area contributed by atoms with E-state index in [1.54, 1.807) is 18.2 Å². The minimum Gasteiger partial charge on any atom is -0.434 e. The molecule has 3 aromatic rings. The lowest BCUT2D eigenvalue weighted by Crippen LogP contribution is -2.36. The fraction of sp³-hybridized carbons (Fsp3) is 0.364. The minimum absolute atomic E-state index is 0.0243. The van der Waals surface area contributed by atoms with Crippen LogP contribution in [0.1, 0.15) is 24.3 Å². The van der Waals surface area contributed by atoms with Gasteiger partial charge in [0.25, 0.3) is 0 Å². The zero-order valence-corrected chi connectivity index (χ0v) is 16.4. The van der Waals surface area contributed by atoms with Gasteiger partial charge >= 0.3 is 6.61 Å². The predicted molar refractivity (Wildman–Crippen MR) is 106 cm³/mol. The largest absolute Gasteiger partial charge is 0.434 e. The maximum atomic E-state index is 12.6. The van der Waals surface area contributed by atoms with E-state index in [4.69, 9.17) is 9.26 Å². The first-order chi connectivity index (χ1) is 14.7. The molecule has 0 amide bonds. The highest BCUT2D eigenvalue weighted by atomic mass is 19.3. The number of hydrogen-bond acceptors (Lipinski definition) is 6. The first kappa shape index (κ1) is 20.4. The summed E-state index contributed by atoms with van der Waals surface area (Å²) in [6.07, 6.45) is 2.09. The molecule has 0 bridgehead atoms. The molecule has 1 aromatic heterocycles. The maximum absolute atomic E-state index is 12.6.